The summed E-state index contributed by atoms with van der Waals surface area (Å²) in [4.78, 5) is 9.63. The third kappa shape index (κ3) is 2.90. The topological polar surface area (TPSA) is 63.0 Å². The summed E-state index contributed by atoms with van der Waals surface area (Å²) in [5.74, 6) is 2.67. The number of aliphatic hydroxyl groups is 1. The highest BCUT2D eigenvalue weighted by atomic mass is 16.3. The summed E-state index contributed by atoms with van der Waals surface area (Å²) >= 11 is 0. The summed E-state index contributed by atoms with van der Waals surface area (Å²) in [6.45, 7) is 0.806. The molecule has 0 spiro atoms. The van der Waals surface area contributed by atoms with Gasteiger partial charge < -0.3 is 15.0 Å². The predicted octanol–water partition coefficient (Wildman–Crippen LogP) is 3.79. The fraction of sp³-hybridized carbons (Fsp3) is 0.455. The van der Waals surface area contributed by atoms with Crippen LogP contribution in [0.5, 0.6) is 0 Å². The number of nitrogens with one attached hydrogen (secondary N) is 1. The minimum Gasteiger partial charge on any atom is -0.393 e. The van der Waals surface area contributed by atoms with Gasteiger partial charge in [0.15, 0.2) is 5.65 Å². The highest BCUT2D eigenvalue weighted by Crippen LogP contribution is 2.52. The van der Waals surface area contributed by atoms with E-state index >= 15 is 0 Å². The molecular formula is C22H26N4O. The lowest BCUT2D eigenvalue weighted by molar-refractivity contribution is 0.0810. The Kier molecular flexibility index (Phi) is 4.12. The Morgan fingerprint density at radius 3 is 2.59 bits per heavy atom. The Morgan fingerprint density at radius 2 is 1.89 bits per heavy atom. The van der Waals surface area contributed by atoms with Crippen LogP contribution in [0.25, 0.3) is 11.2 Å². The molecule has 2 heterocycles. The van der Waals surface area contributed by atoms with Crippen molar-refractivity contribution >= 4 is 16.9 Å². The first-order valence-corrected chi connectivity index (χ1v) is 9.99. The molecule has 27 heavy (non-hydrogen) atoms. The normalized spacial score (nSPS) is 27.2. The van der Waals surface area contributed by atoms with Crippen molar-refractivity contribution in [3.8, 4) is 0 Å². The van der Waals surface area contributed by atoms with Gasteiger partial charge in [-0.15, -0.1) is 0 Å². The van der Waals surface area contributed by atoms with Gasteiger partial charge >= 0.3 is 0 Å². The molecule has 3 aromatic rings. The Balaban J connectivity index is 1.64. The molecule has 2 atom stereocenters. The summed E-state index contributed by atoms with van der Waals surface area (Å²) in [7, 11) is 1.92. The van der Waals surface area contributed by atoms with E-state index in [2.05, 4.69) is 51.3 Å². The molecule has 0 radical (unpaired) electrons. The number of hydrogen-bond acceptors (Lipinski definition) is 4. The number of aliphatic hydroxyl groups excluding tert-OH is 1. The average Bonchev–Trinajstić information content (AvgIpc) is 3.16. The van der Waals surface area contributed by atoms with Crippen LogP contribution in [0.4, 0.5) is 5.69 Å². The third-order valence-electron chi connectivity index (χ3n) is 6.48. The lowest BCUT2D eigenvalue weighted by Gasteiger charge is -2.33. The number of anilines is 1. The van der Waals surface area contributed by atoms with Gasteiger partial charge in [0.1, 0.15) is 5.82 Å². The molecule has 5 nitrogen and oxygen atoms in total. The van der Waals surface area contributed by atoms with Crippen LogP contribution in [0.1, 0.15) is 43.0 Å². The molecule has 5 rings (SSSR count). The molecule has 140 valence electrons. The molecule has 2 aliphatic rings. The molecule has 2 aromatic heterocycles. The third-order valence-corrected chi connectivity index (χ3v) is 6.48. The van der Waals surface area contributed by atoms with Gasteiger partial charge in [0.2, 0.25) is 0 Å². The highest BCUT2D eigenvalue weighted by molar-refractivity contribution is 5.76. The maximum atomic E-state index is 10.2. The van der Waals surface area contributed by atoms with Crippen LogP contribution >= 0.6 is 0 Å². The molecule has 1 aromatic carbocycles. The molecule has 2 aliphatic carbocycles. The van der Waals surface area contributed by atoms with Crippen LogP contribution in [0, 0.1) is 11.8 Å². The van der Waals surface area contributed by atoms with Gasteiger partial charge in [0.05, 0.1) is 23.5 Å². The monoisotopic (exact) mass is 362 g/mol. The van der Waals surface area contributed by atoms with Crippen LogP contribution in [-0.2, 0) is 6.54 Å². The Bertz CT molecular complexity index is 938. The van der Waals surface area contributed by atoms with Gasteiger partial charge in [0.25, 0.3) is 0 Å². The van der Waals surface area contributed by atoms with Gasteiger partial charge in [-0.05, 0) is 49.1 Å². The van der Waals surface area contributed by atoms with E-state index in [4.69, 9.17) is 4.98 Å². The molecule has 2 unspecified atom stereocenters. The van der Waals surface area contributed by atoms with Crippen molar-refractivity contribution in [3.05, 3.63) is 54.0 Å². The lowest BCUT2D eigenvalue weighted by atomic mass is 9.76. The van der Waals surface area contributed by atoms with Gasteiger partial charge in [0, 0.05) is 19.5 Å². The Hall–Kier alpha value is -2.40. The van der Waals surface area contributed by atoms with Crippen molar-refractivity contribution in [1.29, 1.82) is 0 Å². The molecule has 5 heteroatoms. The molecule has 0 saturated heterocycles. The van der Waals surface area contributed by atoms with E-state index in [1.54, 1.807) is 0 Å². The number of fused-ring (bicyclic) bond motifs is 3. The molecule has 2 N–H and O–H groups in total. The van der Waals surface area contributed by atoms with E-state index in [1.165, 1.54) is 18.4 Å². The van der Waals surface area contributed by atoms with E-state index in [1.807, 2.05) is 13.2 Å². The van der Waals surface area contributed by atoms with Crippen molar-refractivity contribution in [3.63, 3.8) is 0 Å². The molecule has 2 saturated carbocycles. The second-order valence-corrected chi connectivity index (χ2v) is 8.11. The zero-order valence-corrected chi connectivity index (χ0v) is 15.7. The number of aromatic nitrogens is 3. The quantitative estimate of drug-likeness (QED) is 0.741. The number of benzene rings is 1. The van der Waals surface area contributed by atoms with Gasteiger partial charge in [-0.2, -0.15) is 0 Å². The minimum absolute atomic E-state index is 0.139. The number of imidazole rings is 1. The van der Waals surface area contributed by atoms with Crippen LogP contribution in [0.3, 0.4) is 0 Å². The Morgan fingerprint density at radius 1 is 1.15 bits per heavy atom. The molecule has 2 bridgehead atoms. The first-order chi connectivity index (χ1) is 13.2. The fourth-order valence-electron chi connectivity index (χ4n) is 5.26. The maximum absolute atomic E-state index is 10.2. The van der Waals surface area contributed by atoms with E-state index in [0.717, 1.165) is 42.1 Å². The number of nitrogens with zero attached hydrogens (tertiary/aromatic N) is 3. The first-order valence-electron chi connectivity index (χ1n) is 9.99. The summed E-state index contributed by atoms with van der Waals surface area (Å²) in [6.07, 6.45) is 5.94. The van der Waals surface area contributed by atoms with E-state index < -0.39 is 0 Å². The standard InChI is InChI=1S/C22H26N4O/c1-23-17-11-19-21(24-12-17)25-22(26(19)13-14-5-3-2-4-6-14)20-15-7-8-16(20)10-18(27)9-15/h2-6,11-12,15-16,18,20,23,27H,7-10,13H2,1H3. The second kappa shape index (κ2) is 6.64. The lowest BCUT2D eigenvalue weighted by Crippen LogP contribution is -2.29. The SMILES string of the molecule is CNc1cnc2nc(C3C4CCC3CC(O)C4)n(Cc3ccccc3)c2c1. The smallest absolute Gasteiger partial charge is 0.178 e. The van der Waals surface area contributed by atoms with Crippen LogP contribution in [0.15, 0.2) is 42.6 Å². The van der Waals surface area contributed by atoms with Gasteiger partial charge in [-0.3, -0.25) is 0 Å². The van der Waals surface area contributed by atoms with Crippen LogP contribution < -0.4 is 5.32 Å². The van der Waals surface area contributed by atoms with Crippen molar-refractivity contribution in [2.75, 3.05) is 12.4 Å². The molecule has 0 aliphatic heterocycles. The van der Waals surface area contributed by atoms with Gasteiger partial charge in [-0.25, -0.2) is 9.97 Å². The highest BCUT2D eigenvalue weighted by Gasteiger charge is 2.45. The van der Waals surface area contributed by atoms with E-state index in [0.29, 0.717) is 17.8 Å². The van der Waals surface area contributed by atoms with E-state index in [-0.39, 0.29) is 6.10 Å². The average molecular weight is 362 g/mol. The first kappa shape index (κ1) is 16.8. The molecule has 0 amide bonds. The summed E-state index contributed by atoms with van der Waals surface area (Å²) in [5.41, 5.74) is 4.19. The number of hydrogen-bond donors (Lipinski definition) is 2. The van der Waals surface area contributed by atoms with Gasteiger partial charge in [-0.1, -0.05) is 30.3 Å². The second-order valence-electron chi connectivity index (χ2n) is 8.11. The molecular weight excluding hydrogens is 336 g/mol. The number of pyridine rings is 1. The number of rotatable bonds is 4. The van der Waals surface area contributed by atoms with Crippen molar-refractivity contribution < 1.29 is 5.11 Å². The summed E-state index contributed by atoms with van der Waals surface area (Å²) in [6, 6.07) is 12.7. The maximum Gasteiger partial charge on any atom is 0.178 e. The predicted molar refractivity (Wildman–Crippen MR) is 107 cm³/mol. The zero-order valence-electron chi connectivity index (χ0n) is 15.7. The van der Waals surface area contributed by atoms with Crippen molar-refractivity contribution in [2.24, 2.45) is 11.8 Å². The fourth-order valence-corrected chi connectivity index (χ4v) is 5.26. The van der Waals surface area contributed by atoms with Crippen molar-refractivity contribution in [2.45, 2.75) is 44.2 Å². The largest absolute Gasteiger partial charge is 0.393 e. The van der Waals surface area contributed by atoms with Crippen LogP contribution in [0.2, 0.25) is 0 Å². The van der Waals surface area contributed by atoms with Crippen LogP contribution in [-0.4, -0.2) is 32.8 Å². The zero-order chi connectivity index (χ0) is 18.4. The Labute approximate surface area is 159 Å². The van der Waals surface area contributed by atoms with Crippen molar-refractivity contribution in [1.82, 2.24) is 14.5 Å². The molecule has 2 fully saturated rings. The summed E-state index contributed by atoms with van der Waals surface area (Å²) < 4.78 is 2.37. The summed E-state index contributed by atoms with van der Waals surface area (Å²) in [5, 5.41) is 13.4. The minimum atomic E-state index is -0.139. The van der Waals surface area contributed by atoms with E-state index in [9.17, 15) is 5.11 Å².